The molecule has 1 atom stereocenters. The fourth-order valence-corrected chi connectivity index (χ4v) is 5.96. The quantitative estimate of drug-likeness (QED) is 0.606. The normalized spacial score (nSPS) is 17.4. The summed E-state index contributed by atoms with van der Waals surface area (Å²) < 4.78 is 40.3. The van der Waals surface area contributed by atoms with Crippen LogP contribution in [-0.4, -0.2) is 41.9 Å². The smallest absolute Gasteiger partial charge is 0.286 e. The fourth-order valence-electron chi connectivity index (χ4n) is 3.48. The molecule has 31 heavy (non-hydrogen) atoms. The summed E-state index contributed by atoms with van der Waals surface area (Å²) >= 11 is 1.16. The second-order valence-corrected chi connectivity index (χ2v) is 10.3. The minimum Gasteiger partial charge on any atom is -0.320 e. The number of nitrogens with one attached hydrogen (secondary N) is 1. The van der Waals surface area contributed by atoms with Crippen LogP contribution in [0.3, 0.4) is 0 Å². The second-order valence-electron chi connectivity index (χ2n) is 7.35. The van der Waals surface area contributed by atoms with Gasteiger partial charge in [0.25, 0.3) is 5.91 Å². The van der Waals surface area contributed by atoms with Crippen molar-refractivity contribution in [3.8, 4) is 0 Å². The molecule has 0 aliphatic carbocycles. The van der Waals surface area contributed by atoms with Crippen molar-refractivity contribution >= 4 is 33.0 Å². The minimum atomic E-state index is -3.45. The average Bonchev–Trinajstić information content (AvgIpc) is 3.26. The number of piperidine rings is 1. The third-order valence-electron chi connectivity index (χ3n) is 5.06. The molecule has 1 aromatic heterocycles. The minimum absolute atomic E-state index is 0.0397. The summed E-state index contributed by atoms with van der Waals surface area (Å²) in [4.78, 5) is 12.4. The predicted molar refractivity (Wildman–Crippen MR) is 117 cm³/mol. The third-order valence-corrected chi connectivity index (χ3v) is 7.96. The number of halogens is 1. The molecule has 4 rings (SSSR count). The van der Waals surface area contributed by atoms with Gasteiger partial charge in [-0.3, -0.25) is 4.79 Å². The molecule has 1 fully saturated rings. The maximum Gasteiger partial charge on any atom is 0.286 e. The molecule has 1 aliphatic rings. The lowest BCUT2D eigenvalue weighted by atomic mass is 10.0. The molecular formula is C21H21FN4O3S2. The first-order valence-corrected chi connectivity index (χ1v) is 12.3. The zero-order chi connectivity index (χ0) is 21.8. The Hall–Kier alpha value is -2.69. The van der Waals surface area contributed by atoms with E-state index in [-0.39, 0.29) is 22.5 Å². The van der Waals surface area contributed by atoms with E-state index in [1.54, 1.807) is 12.1 Å². The van der Waals surface area contributed by atoms with Crippen molar-refractivity contribution in [3.63, 3.8) is 0 Å². The fraction of sp³-hybridized carbons (Fsp3) is 0.286. The monoisotopic (exact) mass is 460 g/mol. The van der Waals surface area contributed by atoms with Crippen LogP contribution in [0.25, 0.3) is 0 Å². The van der Waals surface area contributed by atoms with Crippen LogP contribution in [0.1, 0.15) is 39.1 Å². The lowest BCUT2D eigenvalue weighted by Gasteiger charge is -2.30. The molecule has 0 saturated carbocycles. The van der Waals surface area contributed by atoms with E-state index in [4.69, 9.17) is 0 Å². The number of nitrogens with zero attached hydrogens (tertiary/aromatic N) is 3. The van der Waals surface area contributed by atoms with Crippen LogP contribution in [0.2, 0.25) is 0 Å². The third kappa shape index (κ3) is 5.33. The molecule has 1 amide bonds. The Morgan fingerprint density at radius 3 is 2.61 bits per heavy atom. The van der Waals surface area contributed by atoms with Gasteiger partial charge in [0, 0.05) is 24.7 Å². The van der Waals surface area contributed by atoms with Crippen LogP contribution in [0.4, 0.5) is 10.1 Å². The summed E-state index contributed by atoms with van der Waals surface area (Å²) in [6, 6.07) is 14.5. The molecule has 1 N–H and O–H groups in total. The molecule has 1 saturated heterocycles. The van der Waals surface area contributed by atoms with Crippen LogP contribution in [-0.2, 0) is 15.8 Å². The number of carbonyl (C=O) groups excluding carboxylic acids is 1. The van der Waals surface area contributed by atoms with Crippen molar-refractivity contribution in [2.45, 2.75) is 24.5 Å². The first-order chi connectivity index (χ1) is 14.9. The molecular weight excluding hydrogens is 439 g/mol. The number of hydrogen-bond acceptors (Lipinski definition) is 6. The van der Waals surface area contributed by atoms with Crippen molar-refractivity contribution in [3.05, 3.63) is 76.0 Å². The molecule has 2 aromatic carbocycles. The molecule has 0 spiro atoms. The second kappa shape index (κ2) is 9.21. The Bertz CT molecular complexity index is 1150. The highest BCUT2D eigenvalue weighted by Gasteiger charge is 2.32. The van der Waals surface area contributed by atoms with Gasteiger partial charge in [0.15, 0.2) is 0 Å². The number of rotatable bonds is 6. The van der Waals surface area contributed by atoms with Gasteiger partial charge in [-0.2, -0.15) is 0 Å². The molecule has 1 unspecified atom stereocenters. The number of anilines is 1. The first kappa shape index (κ1) is 21.5. The highest BCUT2D eigenvalue weighted by Crippen LogP contribution is 2.31. The van der Waals surface area contributed by atoms with E-state index in [2.05, 4.69) is 15.5 Å². The van der Waals surface area contributed by atoms with Gasteiger partial charge < -0.3 is 5.32 Å². The Morgan fingerprint density at radius 2 is 1.87 bits per heavy atom. The van der Waals surface area contributed by atoms with Gasteiger partial charge in [-0.05, 0) is 42.7 Å². The van der Waals surface area contributed by atoms with Gasteiger partial charge in [0.2, 0.25) is 15.0 Å². The Balaban J connectivity index is 1.42. The van der Waals surface area contributed by atoms with Crippen LogP contribution >= 0.6 is 11.3 Å². The maximum absolute atomic E-state index is 13.0. The van der Waals surface area contributed by atoms with Crippen molar-refractivity contribution in [2.24, 2.45) is 0 Å². The molecule has 10 heteroatoms. The summed E-state index contributed by atoms with van der Waals surface area (Å²) in [6.07, 6.45) is 1.50. The van der Waals surface area contributed by atoms with Gasteiger partial charge in [-0.25, -0.2) is 17.1 Å². The van der Waals surface area contributed by atoms with Gasteiger partial charge in [0.05, 0.1) is 5.75 Å². The van der Waals surface area contributed by atoms with Crippen LogP contribution in [0.5, 0.6) is 0 Å². The van der Waals surface area contributed by atoms with Crippen LogP contribution in [0.15, 0.2) is 54.6 Å². The summed E-state index contributed by atoms with van der Waals surface area (Å²) in [6.45, 7) is 0.797. The summed E-state index contributed by atoms with van der Waals surface area (Å²) in [5, 5.41) is 11.6. The van der Waals surface area contributed by atoms with Crippen molar-refractivity contribution in [2.75, 3.05) is 18.4 Å². The molecule has 2 heterocycles. The number of carbonyl (C=O) groups is 1. The van der Waals surface area contributed by atoms with E-state index in [1.165, 1.54) is 28.6 Å². The lowest BCUT2D eigenvalue weighted by molar-refractivity contribution is 0.102. The first-order valence-electron chi connectivity index (χ1n) is 9.83. The highest BCUT2D eigenvalue weighted by molar-refractivity contribution is 7.88. The molecule has 1 aliphatic heterocycles. The molecule has 0 bridgehead atoms. The zero-order valence-corrected chi connectivity index (χ0v) is 18.2. The Morgan fingerprint density at radius 1 is 1.13 bits per heavy atom. The SMILES string of the molecule is O=C(Nc1ccc(F)cc1)c1nnc(C2CCCN(S(=O)(=O)Cc3ccccc3)C2)s1. The standard InChI is InChI=1S/C21H21FN4O3S2/c22-17-8-10-18(11-9-17)23-19(27)21-25-24-20(30-21)16-7-4-12-26(13-16)31(28,29)14-15-5-2-1-3-6-15/h1-3,5-6,8-11,16H,4,7,12-14H2,(H,23,27). The van der Waals surface area contributed by atoms with Crippen molar-refractivity contribution in [1.29, 1.82) is 0 Å². The van der Waals surface area contributed by atoms with Gasteiger partial charge >= 0.3 is 0 Å². The van der Waals surface area contributed by atoms with Gasteiger partial charge in [-0.15, -0.1) is 10.2 Å². The molecule has 162 valence electrons. The molecule has 7 nitrogen and oxygen atoms in total. The van der Waals surface area contributed by atoms with Crippen LogP contribution < -0.4 is 5.32 Å². The zero-order valence-electron chi connectivity index (χ0n) is 16.6. The topological polar surface area (TPSA) is 92.3 Å². The van der Waals surface area contributed by atoms with Crippen molar-refractivity contribution in [1.82, 2.24) is 14.5 Å². The average molecular weight is 461 g/mol. The van der Waals surface area contributed by atoms with Crippen molar-refractivity contribution < 1.29 is 17.6 Å². The number of hydrogen-bond donors (Lipinski definition) is 1. The molecule has 3 aromatic rings. The number of benzene rings is 2. The number of sulfonamides is 1. The van der Waals surface area contributed by atoms with E-state index in [0.29, 0.717) is 23.8 Å². The van der Waals surface area contributed by atoms with Gasteiger partial charge in [-0.1, -0.05) is 41.7 Å². The summed E-state index contributed by atoms with van der Waals surface area (Å²) in [5.41, 5.74) is 1.21. The van der Waals surface area contributed by atoms with E-state index >= 15 is 0 Å². The number of amides is 1. The lowest BCUT2D eigenvalue weighted by Crippen LogP contribution is -2.39. The van der Waals surface area contributed by atoms with Crippen LogP contribution in [0, 0.1) is 5.82 Å². The Labute approximate surface area is 184 Å². The maximum atomic E-state index is 13.0. The van der Waals surface area contributed by atoms with E-state index in [0.717, 1.165) is 29.7 Å². The van der Waals surface area contributed by atoms with E-state index < -0.39 is 15.9 Å². The highest BCUT2D eigenvalue weighted by atomic mass is 32.2. The summed E-state index contributed by atoms with van der Waals surface area (Å²) in [5.74, 6) is -0.966. The molecule has 0 radical (unpaired) electrons. The Kier molecular flexibility index (Phi) is 6.40. The number of aromatic nitrogens is 2. The van der Waals surface area contributed by atoms with Gasteiger partial charge in [0.1, 0.15) is 10.8 Å². The van der Waals surface area contributed by atoms with E-state index in [1.807, 2.05) is 18.2 Å². The predicted octanol–water partition coefficient (Wildman–Crippen LogP) is 3.64. The van der Waals surface area contributed by atoms with E-state index in [9.17, 15) is 17.6 Å². The summed E-state index contributed by atoms with van der Waals surface area (Å²) in [7, 11) is -3.45. The largest absolute Gasteiger partial charge is 0.320 e.